The van der Waals surface area contributed by atoms with E-state index in [4.69, 9.17) is 0 Å². The predicted molar refractivity (Wildman–Crippen MR) is 50.6 cm³/mol. The molecule has 0 nitrogen and oxygen atoms in total. The molecule has 0 aromatic carbocycles. The summed E-state index contributed by atoms with van der Waals surface area (Å²) in [6.07, 6.45) is 6.60. The van der Waals surface area contributed by atoms with Gasteiger partial charge in [0.1, 0.15) is 0 Å². The summed E-state index contributed by atoms with van der Waals surface area (Å²) in [5, 5.41) is 0. The standard InChI is InChI=1S/C8H10Br2/c9-7-4-5-1-2-6(3-5)8(7)10/h4-6,8H,1-3H2/t5-,6+,8-/m1/s1. The summed E-state index contributed by atoms with van der Waals surface area (Å²) in [7, 11) is 0. The Balaban J connectivity index is 2.25. The van der Waals surface area contributed by atoms with Gasteiger partial charge in [-0.25, -0.2) is 0 Å². The van der Waals surface area contributed by atoms with E-state index in [1.165, 1.54) is 23.7 Å². The van der Waals surface area contributed by atoms with Crippen LogP contribution in [0.15, 0.2) is 10.6 Å². The van der Waals surface area contributed by atoms with Crippen LogP contribution < -0.4 is 0 Å². The second-order valence-electron chi connectivity index (χ2n) is 3.29. The van der Waals surface area contributed by atoms with Gasteiger partial charge in [-0.3, -0.25) is 0 Å². The summed E-state index contributed by atoms with van der Waals surface area (Å²) in [6, 6.07) is 0. The second-order valence-corrected chi connectivity index (χ2v) is 5.19. The van der Waals surface area contributed by atoms with Crippen LogP contribution in [-0.2, 0) is 0 Å². The van der Waals surface area contributed by atoms with Gasteiger partial charge in [0.25, 0.3) is 0 Å². The average molecular weight is 266 g/mol. The lowest BCUT2D eigenvalue weighted by Crippen LogP contribution is -2.15. The fourth-order valence-electron chi connectivity index (χ4n) is 2.01. The average Bonchev–Trinajstić information content (AvgIpc) is 2.29. The van der Waals surface area contributed by atoms with Crippen LogP contribution in [0, 0.1) is 11.8 Å². The van der Waals surface area contributed by atoms with Crippen LogP contribution in [0.5, 0.6) is 0 Å². The maximum absolute atomic E-state index is 3.69. The topological polar surface area (TPSA) is 0 Å². The molecule has 10 heavy (non-hydrogen) atoms. The van der Waals surface area contributed by atoms with Gasteiger partial charge < -0.3 is 0 Å². The molecule has 0 N–H and O–H groups in total. The zero-order valence-corrected chi connectivity index (χ0v) is 8.86. The van der Waals surface area contributed by atoms with E-state index in [9.17, 15) is 0 Å². The minimum absolute atomic E-state index is 0.617. The van der Waals surface area contributed by atoms with Gasteiger partial charge in [0.15, 0.2) is 0 Å². The Morgan fingerprint density at radius 1 is 1.40 bits per heavy atom. The molecule has 0 saturated heterocycles. The van der Waals surface area contributed by atoms with Crippen LogP contribution in [-0.4, -0.2) is 4.83 Å². The molecule has 3 atom stereocenters. The third-order valence-electron chi connectivity index (χ3n) is 2.59. The summed E-state index contributed by atoms with van der Waals surface area (Å²) in [4.78, 5) is 0.617. The van der Waals surface area contributed by atoms with Gasteiger partial charge in [-0.1, -0.05) is 37.9 Å². The molecule has 0 amide bonds. The van der Waals surface area contributed by atoms with Crippen LogP contribution in [0.2, 0.25) is 0 Å². The lowest BCUT2D eigenvalue weighted by Gasteiger charge is -2.21. The third-order valence-corrected chi connectivity index (χ3v) is 5.20. The van der Waals surface area contributed by atoms with Gasteiger partial charge >= 0.3 is 0 Å². The van der Waals surface area contributed by atoms with Gasteiger partial charge in [0.2, 0.25) is 0 Å². The van der Waals surface area contributed by atoms with Crippen molar-refractivity contribution in [2.24, 2.45) is 11.8 Å². The Labute approximate surface area is 78.3 Å². The summed E-state index contributed by atoms with van der Waals surface area (Å²) in [6.45, 7) is 0. The highest BCUT2D eigenvalue weighted by Gasteiger charge is 2.34. The fraction of sp³-hybridized carbons (Fsp3) is 0.750. The quantitative estimate of drug-likeness (QED) is 0.589. The number of rotatable bonds is 0. The Morgan fingerprint density at radius 3 is 3.00 bits per heavy atom. The number of halogens is 2. The van der Waals surface area contributed by atoms with Gasteiger partial charge in [0, 0.05) is 9.31 Å². The Kier molecular flexibility index (Phi) is 1.94. The lowest BCUT2D eigenvalue weighted by molar-refractivity contribution is 0.532. The number of alkyl halides is 1. The van der Waals surface area contributed by atoms with Gasteiger partial charge in [-0.05, 0) is 31.1 Å². The van der Waals surface area contributed by atoms with E-state index in [0.29, 0.717) is 4.83 Å². The monoisotopic (exact) mass is 264 g/mol. The van der Waals surface area contributed by atoms with Gasteiger partial charge in [0.05, 0.1) is 0 Å². The molecule has 2 aliphatic rings. The molecule has 1 saturated carbocycles. The smallest absolute Gasteiger partial charge is 0.0486 e. The highest BCUT2D eigenvalue weighted by Crippen LogP contribution is 2.45. The second kappa shape index (κ2) is 2.63. The molecule has 0 unspecified atom stereocenters. The molecule has 0 aliphatic heterocycles. The minimum Gasteiger partial charge on any atom is -0.0830 e. The first-order chi connectivity index (χ1) is 4.77. The summed E-state index contributed by atoms with van der Waals surface area (Å²) in [5.74, 6) is 1.79. The number of hydrogen-bond donors (Lipinski definition) is 0. The van der Waals surface area contributed by atoms with Crippen molar-refractivity contribution in [3.05, 3.63) is 10.6 Å². The van der Waals surface area contributed by atoms with Crippen LogP contribution in [0.3, 0.4) is 0 Å². The molecule has 2 aliphatic carbocycles. The molecule has 0 spiro atoms. The van der Waals surface area contributed by atoms with E-state index in [0.717, 1.165) is 11.8 Å². The van der Waals surface area contributed by atoms with E-state index >= 15 is 0 Å². The maximum Gasteiger partial charge on any atom is 0.0486 e. The van der Waals surface area contributed by atoms with Crippen molar-refractivity contribution in [3.63, 3.8) is 0 Å². The van der Waals surface area contributed by atoms with Crippen LogP contribution in [0.25, 0.3) is 0 Å². The molecular weight excluding hydrogens is 256 g/mol. The first-order valence-electron chi connectivity index (χ1n) is 3.78. The molecular formula is C8H10Br2. The minimum atomic E-state index is 0.617. The van der Waals surface area contributed by atoms with Gasteiger partial charge in [-0.15, -0.1) is 0 Å². The summed E-state index contributed by atoms with van der Waals surface area (Å²) >= 11 is 7.28. The third kappa shape index (κ3) is 1.10. The van der Waals surface area contributed by atoms with E-state index < -0.39 is 0 Å². The SMILES string of the molecule is BrC1=C[C@@H]2CC[C@@H](C2)[C@H]1Br. The number of allylic oxidation sites excluding steroid dienone is 2. The van der Waals surface area contributed by atoms with Crippen molar-refractivity contribution in [1.29, 1.82) is 0 Å². The highest BCUT2D eigenvalue weighted by molar-refractivity contribution is 9.14. The lowest BCUT2D eigenvalue weighted by atomic mass is 9.96. The molecule has 0 aromatic rings. The summed E-state index contributed by atoms with van der Waals surface area (Å²) < 4.78 is 1.38. The van der Waals surface area contributed by atoms with Crippen molar-refractivity contribution >= 4 is 31.9 Å². The Morgan fingerprint density at radius 2 is 2.20 bits per heavy atom. The molecule has 0 heterocycles. The largest absolute Gasteiger partial charge is 0.0830 e. The van der Waals surface area contributed by atoms with Gasteiger partial charge in [-0.2, -0.15) is 0 Å². The zero-order chi connectivity index (χ0) is 7.14. The molecule has 2 rings (SSSR count). The fourth-order valence-corrected chi connectivity index (χ4v) is 3.39. The molecule has 0 aromatic heterocycles. The molecule has 56 valence electrons. The molecule has 1 fully saturated rings. The maximum atomic E-state index is 3.69. The van der Waals surface area contributed by atoms with E-state index in [1.54, 1.807) is 0 Å². The summed E-state index contributed by atoms with van der Waals surface area (Å²) in [5.41, 5.74) is 0. The van der Waals surface area contributed by atoms with Crippen LogP contribution >= 0.6 is 31.9 Å². The predicted octanol–water partition coefficient (Wildman–Crippen LogP) is 3.46. The van der Waals surface area contributed by atoms with Crippen molar-refractivity contribution in [3.8, 4) is 0 Å². The van der Waals surface area contributed by atoms with Crippen LogP contribution in [0.4, 0.5) is 0 Å². The molecule has 2 heteroatoms. The normalized spacial score (nSPS) is 45.4. The highest BCUT2D eigenvalue weighted by atomic mass is 79.9. The van der Waals surface area contributed by atoms with Crippen molar-refractivity contribution in [2.75, 3.05) is 0 Å². The zero-order valence-electron chi connectivity index (χ0n) is 5.69. The van der Waals surface area contributed by atoms with Crippen molar-refractivity contribution < 1.29 is 0 Å². The van der Waals surface area contributed by atoms with Crippen molar-refractivity contribution in [1.82, 2.24) is 0 Å². The van der Waals surface area contributed by atoms with E-state index in [1.807, 2.05) is 0 Å². The Bertz CT molecular complexity index is 174. The first kappa shape index (κ1) is 7.35. The van der Waals surface area contributed by atoms with E-state index in [-0.39, 0.29) is 0 Å². The Hall–Kier alpha value is 0.700. The number of fused-ring (bicyclic) bond motifs is 2. The molecule has 0 radical (unpaired) electrons. The van der Waals surface area contributed by atoms with Crippen LogP contribution in [0.1, 0.15) is 19.3 Å². The molecule has 2 bridgehead atoms. The first-order valence-corrected chi connectivity index (χ1v) is 5.49. The van der Waals surface area contributed by atoms with E-state index in [2.05, 4.69) is 37.9 Å². The van der Waals surface area contributed by atoms with Crippen molar-refractivity contribution in [2.45, 2.75) is 24.1 Å². The number of hydrogen-bond acceptors (Lipinski definition) is 0.